The molecule has 0 saturated carbocycles. The predicted molar refractivity (Wildman–Crippen MR) is 63.5 cm³/mol. The first-order chi connectivity index (χ1) is 8.19. The van der Waals surface area contributed by atoms with E-state index in [1.54, 1.807) is 12.3 Å². The average molecular weight is 232 g/mol. The van der Waals surface area contributed by atoms with Crippen molar-refractivity contribution >= 4 is 5.82 Å². The summed E-state index contributed by atoms with van der Waals surface area (Å²) in [6.45, 7) is 0.312. The third-order valence-corrected chi connectivity index (χ3v) is 2.42. The highest BCUT2D eigenvalue weighted by atomic mass is 19.1. The lowest BCUT2D eigenvalue weighted by Crippen LogP contribution is -2.07. The van der Waals surface area contributed by atoms with Crippen LogP contribution in [0.1, 0.15) is 17.0 Å². The smallest absolute Gasteiger partial charge is 0.135 e. The highest BCUT2D eigenvalue weighted by molar-refractivity contribution is 5.37. The molecule has 2 aromatic rings. The van der Waals surface area contributed by atoms with Gasteiger partial charge >= 0.3 is 0 Å². The van der Waals surface area contributed by atoms with Crippen LogP contribution in [-0.4, -0.2) is 9.97 Å². The van der Waals surface area contributed by atoms with Crippen LogP contribution in [-0.2, 0) is 13.0 Å². The number of hydrogen-bond acceptors (Lipinski definition) is 4. The van der Waals surface area contributed by atoms with Gasteiger partial charge in [-0.1, -0.05) is 12.1 Å². The van der Waals surface area contributed by atoms with Crippen molar-refractivity contribution in [3.05, 3.63) is 53.2 Å². The minimum absolute atomic E-state index is 0.269. The lowest BCUT2D eigenvalue weighted by molar-refractivity contribution is 0.626. The van der Waals surface area contributed by atoms with E-state index in [1.165, 1.54) is 12.1 Å². The zero-order chi connectivity index (χ0) is 12.3. The Bertz CT molecular complexity index is 528. The second-order valence-electron chi connectivity index (χ2n) is 3.71. The van der Waals surface area contributed by atoms with Crippen LogP contribution < -0.4 is 11.5 Å². The summed E-state index contributed by atoms with van der Waals surface area (Å²) in [7, 11) is 0. The van der Waals surface area contributed by atoms with E-state index < -0.39 is 0 Å². The maximum Gasteiger partial charge on any atom is 0.135 e. The first kappa shape index (κ1) is 11.5. The summed E-state index contributed by atoms with van der Waals surface area (Å²) in [6.07, 6.45) is 2.06. The van der Waals surface area contributed by atoms with Gasteiger partial charge < -0.3 is 11.5 Å². The lowest BCUT2D eigenvalue weighted by atomic mass is 10.1. The van der Waals surface area contributed by atoms with Crippen LogP contribution in [0.4, 0.5) is 10.2 Å². The Morgan fingerprint density at radius 3 is 2.76 bits per heavy atom. The molecule has 88 valence electrons. The number of aromatic nitrogens is 2. The van der Waals surface area contributed by atoms with Crippen molar-refractivity contribution < 1.29 is 4.39 Å². The van der Waals surface area contributed by atoms with Crippen molar-refractivity contribution in [1.29, 1.82) is 0 Å². The minimum Gasteiger partial charge on any atom is -0.383 e. The quantitative estimate of drug-likeness (QED) is 0.834. The SMILES string of the molecule is NCc1cnc(Cc2cccc(F)c2)nc1N. The molecule has 17 heavy (non-hydrogen) atoms. The molecule has 1 aromatic carbocycles. The van der Waals surface area contributed by atoms with Gasteiger partial charge in [0.1, 0.15) is 17.5 Å². The lowest BCUT2D eigenvalue weighted by Gasteiger charge is -2.05. The molecule has 0 bridgehead atoms. The van der Waals surface area contributed by atoms with Crippen LogP contribution >= 0.6 is 0 Å². The second kappa shape index (κ2) is 4.88. The molecule has 0 aliphatic heterocycles. The highest BCUT2D eigenvalue weighted by Crippen LogP contribution is 2.11. The van der Waals surface area contributed by atoms with Gasteiger partial charge in [0.15, 0.2) is 0 Å². The van der Waals surface area contributed by atoms with E-state index in [-0.39, 0.29) is 5.82 Å². The van der Waals surface area contributed by atoms with Gasteiger partial charge in [0.2, 0.25) is 0 Å². The molecule has 0 spiro atoms. The fourth-order valence-electron chi connectivity index (χ4n) is 1.53. The van der Waals surface area contributed by atoms with Gasteiger partial charge in [-0.25, -0.2) is 14.4 Å². The van der Waals surface area contributed by atoms with Crippen LogP contribution in [0.5, 0.6) is 0 Å². The van der Waals surface area contributed by atoms with Crippen molar-refractivity contribution in [2.24, 2.45) is 5.73 Å². The molecule has 0 fully saturated rings. The van der Waals surface area contributed by atoms with E-state index >= 15 is 0 Å². The molecule has 0 atom stereocenters. The topological polar surface area (TPSA) is 77.8 Å². The van der Waals surface area contributed by atoms with Crippen molar-refractivity contribution in [2.45, 2.75) is 13.0 Å². The molecule has 1 heterocycles. The van der Waals surface area contributed by atoms with Crippen molar-refractivity contribution in [3.8, 4) is 0 Å². The number of nitrogens with zero attached hydrogens (tertiary/aromatic N) is 2. The normalized spacial score (nSPS) is 10.5. The maximum atomic E-state index is 13.0. The van der Waals surface area contributed by atoms with Crippen LogP contribution in [0, 0.1) is 5.82 Å². The van der Waals surface area contributed by atoms with E-state index in [0.29, 0.717) is 30.2 Å². The largest absolute Gasteiger partial charge is 0.383 e. The molecule has 4 nitrogen and oxygen atoms in total. The number of benzene rings is 1. The molecule has 0 aliphatic carbocycles. The summed E-state index contributed by atoms with van der Waals surface area (Å²) in [6, 6.07) is 6.33. The molecule has 0 amide bonds. The molecule has 2 rings (SSSR count). The average Bonchev–Trinajstić information content (AvgIpc) is 2.29. The molecule has 5 heteroatoms. The standard InChI is InChI=1S/C12H13FN4/c13-10-3-1-2-8(4-10)5-11-16-7-9(6-14)12(15)17-11/h1-4,7H,5-6,14H2,(H2,15,16,17). The zero-order valence-corrected chi connectivity index (χ0v) is 9.23. The van der Waals surface area contributed by atoms with Gasteiger partial charge in [-0.05, 0) is 17.7 Å². The Morgan fingerprint density at radius 2 is 2.12 bits per heavy atom. The fraction of sp³-hybridized carbons (Fsp3) is 0.167. The number of hydrogen-bond donors (Lipinski definition) is 2. The Labute approximate surface area is 98.5 Å². The first-order valence-corrected chi connectivity index (χ1v) is 5.24. The summed E-state index contributed by atoms with van der Waals surface area (Å²) in [5.74, 6) is 0.674. The Morgan fingerprint density at radius 1 is 1.29 bits per heavy atom. The van der Waals surface area contributed by atoms with E-state index in [0.717, 1.165) is 5.56 Å². The number of halogens is 1. The highest BCUT2D eigenvalue weighted by Gasteiger charge is 2.04. The number of rotatable bonds is 3. The number of nitrogens with two attached hydrogens (primary N) is 2. The monoisotopic (exact) mass is 232 g/mol. The van der Waals surface area contributed by atoms with Gasteiger partial charge in [-0.15, -0.1) is 0 Å². The Balaban J connectivity index is 2.22. The van der Waals surface area contributed by atoms with Gasteiger partial charge in [0.25, 0.3) is 0 Å². The van der Waals surface area contributed by atoms with Gasteiger partial charge in [-0.2, -0.15) is 0 Å². The summed E-state index contributed by atoms with van der Waals surface area (Å²) in [5, 5.41) is 0. The molecule has 0 unspecified atom stereocenters. The summed E-state index contributed by atoms with van der Waals surface area (Å²) < 4.78 is 13.0. The van der Waals surface area contributed by atoms with E-state index in [9.17, 15) is 4.39 Å². The summed E-state index contributed by atoms with van der Waals surface area (Å²) in [5.41, 5.74) is 12.7. The molecule has 0 saturated heterocycles. The van der Waals surface area contributed by atoms with Gasteiger partial charge in [-0.3, -0.25) is 0 Å². The van der Waals surface area contributed by atoms with Crippen LogP contribution in [0.2, 0.25) is 0 Å². The molecule has 1 aromatic heterocycles. The number of nitrogen functional groups attached to an aromatic ring is 1. The fourth-order valence-corrected chi connectivity index (χ4v) is 1.53. The zero-order valence-electron chi connectivity index (χ0n) is 9.23. The second-order valence-corrected chi connectivity index (χ2v) is 3.71. The van der Waals surface area contributed by atoms with Crippen molar-refractivity contribution in [3.63, 3.8) is 0 Å². The van der Waals surface area contributed by atoms with Crippen LogP contribution in [0.3, 0.4) is 0 Å². The minimum atomic E-state index is -0.269. The van der Waals surface area contributed by atoms with Gasteiger partial charge in [0.05, 0.1) is 0 Å². The summed E-state index contributed by atoms with van der Waals surface area (Å²) in [4.78, 5) is 8.27. The third kappa shape index (κ3) is 2.76. The van der Waals surface area contributed by atoms with E-state index in [4.69, 9.17) is 11.5 Å². The predicted octanol–water partition coefficient (Wildman–Crippen LogP) is 1.25. The number of anilines is 1. The maximum absolute atomic E-state index is 13.0. The Kier molecular flexibility index (Phi) is 3.30. The van der Waals surface area contributed by atoms with Crippen LogP contribution in [0.15, 0.2) is 30.5 Å². The molecule has 0 radical (unpaired) electrons. The van der Waals surface area contributed by atoms with Crippen molar-refractivity contribution in [1.82, 2.24) is 9.97 Å². The summed E-state index contributed by atoms with van der Waals surface area (Å²) >= 11 is 0. The molecular weight excluding hydrogens is 219 g/mol. The van der Waals surface area contributed by atoms with Gasteiger partial charge in [0, 0.05) is 24.7 Å². The Hall–Kier alpha value is -2.01. The van der Waals surface area contributed by atoms with Crippen LogP contribution in [0.25, 0.3) is 0 Å². The van der Waals surface area contributed by atoms with E-state index in [2.05, 4.69) is 9.97 Å². The molecule has 4 N–H and O–H groups in total. The van der Waals surface area contributed by atoms with E-state index in [1.807, 2.05) is 6.07 Å². The van der Waals surface area contributed by atoms with Crippen molar-refractivity contribution in [2.75, 3.05) is 5.73 Å². The molecular formula is C12H13FN4. The first-order valence-electron chi connectivity index (χ1n) is 5.24. The molecule has 0 aliphatic rings. The third-order valence-electron chi connectivity index (χ3n) is 2.42.